The zero-order chi connectivity index (χ0) is 8.48. The Labute approximate surface area is 69.1 Å². The predicted molar refractivity (Wildman–Crippen MR) is 49.3 cm³/mol. The first-order valence-corrected chi connectivity index (χ1v) is 4.27. The number of nitrogens with one attached hydrogen (secondary N) is 1. The summed E-state index contributed by atoms with van der Waals surface area (Å²) >= 11 is 0. The lowest BCUT2D eigenvalue weighted by Crippen LogP contribution is -2.45. The van der Waals surface area contributed by atoms with E-state index in [9.17, 15) is 0 Å². The second kappa shape index (κ2) is 2.94. The summed E-state index contributed by atoms with van der Waals surface area (Å²) in [4.78, 5) is 4.45. The van der Waals surface area contributed by atoms with Crippen LogP contribution < -0.4 is 5.32 Å². The maximum absolute atomic E-state index is 4.45. The van der Waals surface area contributed by atoms with E-state index in [1.165, 1.54) is 5.71 Å². The summed E-state index contributed by atoms with van der Waals surface area (Å²) in [5.41, 5.74) is 1.50. The fourth-order valence-corrected chi connectivity index (χ4v) is 1.75. The van der Waals surface area contributed by atoms with Crippen molar-refractivity contribution in [3.8, 4) is 0 Å². The highest BCUT2D eigenvalue weighted by Gasteiger charge is 2.22. The Morgan fingerprint density at radius 1 is 1.55 bits per heavy atom. The van der Waals surface area contributed by atoms with E-state index in [1.807, 2.05) is 0 Å². The highest BCUT2D eigenvalue weighted by atomic mass is 15.0. The zero-order valence-electron chi connectivity index (χ0n) is 7.94. The van der Waals surface area contributed by atoms with Gasteiger partial charge in [0.05, 0.1) is 6.54 Å². The van der Waals surface area contributed by atoms with E-state index in [0.29, 0.717) is 6.04 Å². The molecule has 1 N–H and O–H groups in total. The summed E-state index contributed by atoms with van der Waals surface area (Å²) in [5.74, 6) is 0. The quantitative estimate of drug-likeness (QED) is 0.563. The first-order valence-electron chi connectivity index (χ1n) is 4.27. The fraction of sp³-hybridized carbons (Fsp3) is 0.889. The average molecular weight is 154 g/mol. The van der Waals surface area contributed by atoms with Gasteiger partial charge in [0.15, 0.2) is 0 Å². The molecule has 0 bridgehead atoms. The molecule has 64 valence electrons. The van der Waals surface area contributed by atoms with E-state index in [4.69, 9.17) is 0 Å². The largest absolute Gasteiger partial charge is 0.307 e. The van der Waals surface area contributed by atoms with Crippen LogP contribution >= 0.6 is 0 Å². The Morgan fingerprint density at radius 2 is 2.18 bits per heavy atom. The summed E-state index contributed by atoms with van der Waals surface area (Å²) in [7, 11) is 0. The first-order chi connectivity index (χ1) is 4.99. The van der Waals surface area contributed by atoms with Gasteiger partial charge in [0.1, 0.15) is 0 Å². The maximum Gasteiger partial charge on any atom is 0.0539 e. The van der Waals surface area contributed by atoms with E-state index in [2.05, 4.69) is 38.0 Å². The molecular weight excluding hydrogens is 136 g/mol. The predicted octanol–water partition coefficient (Wildman–Crippen LogP) is 1.61. The molecular formula is C9H18N2. The minimum Gasteiger partial charge on any atom is -0.307 e. The second-order valence-electron chi connectivity index (χ2n) is 4.18. The van der Waals surface area contributed by atoms with Crippen LogP contribution in [0, 0.1) is 0 Å². The third kappa shape index (κ3) is 2.62. The van der Waals surface area contributed by atoms with Gasteiger partial charge in [-0.3, -0.25) is 4.99 Å². The Kier molecular flexibility index (Phi) is 2.33. The normalized spacial score (nSPS) is 30.9. The van der Waals surface area contributed by atoms with Gasteiger partial charge in [-0.15, -0.1) is 0 Å². The lowest BCUT2D eigenvalue weighted by atomic mass is 9.98. The van der Waals surface area contributed by atoms with Crippen molar-refractivity contribution in [1.82, 2.24) is 5.32 Å². The molecule has 0 aliphatic carbocycles. The first kappa shape index (κ1) is 8.72. The van der Waals surface area contributed by atoms with Crippen LogP contribution in [0.2, 0.25) is 0 Å². The SMILES string of the molecule is CC1=NCC(C)NC(C)(C)C1. The fourth-order valence-electron chi connectivity index (χ4n) is 1.75. The molecule has 1 unspecified atom stereocenters. The molecule has 1 heterocycles. The molecule has 1 aliphatic rings. The van der Waals surface area contributed by atoms with Crippen LogP contribution in [0.4, 0.5) is 0 Å². The molecule has 0 amide bonds. The Balaban J connectivity index is 2.69. The van der Waals surface area contributed by atoms with Crippen LogP contribution in [-0.2, 0) is 0 Å². The number of nitrogens with zero attached hydrogens (tertiary/aromatic N) is 1. The van der Waals surface area contributed by atoms with Crippen LogP contribution in [0.1, 0.15) is 34.1 Å². The molecule has 0 aromatic rings. The van der Waals surface area contributed by atoms with Crippen molar-refractivity contribution in [3.05, 3.63) is 0 Å². The summed E-state index contributed by atoms with van der Waals surface area (Å²) in [6, 6.07) is 0.516. The van der Waals surface area contributed by atoms with Crippen LogP contribution in [-0.4, -0.2) is 23.8 Å². The number of hydrogen-bond donors (Lipinski definition) is 1. The second-order valence-corrected chi connectivity index (χ2v) is 4.18. The zero-order valence-corrected chi connectivity index (χ0v) is 7.94. The van der Waals surface area contributed by atoms with E-state index in [-0.39, 0.29) is 5.54 Å². The molecule has 2 nitrogen and oxygen atoms in total. The average Bonchev–Trinajstić information content (AvgIpc) is 1.89. The Morgan fingerprint density at radius 3 is 2.82 bits per heavy atom. The maximum atomic E-state index is 4.45. The highest BCUT2D eigenvalue weighted by Crippen LogP contribution is 2.13. The minimum atomic E-state index is 0.226. The third-order valence-electron chi connectivity index (χ3n) is 1.97. The van der Waals surface area contributed by atoms with Gasteiger partial charge in [-0.2, -0.15) is 0 Å². The van der Waals surface area contributed by atoms with Crippen molar-refractivity contribution in [2.45, 2.75) is 45.7 Å². The van der Waals surface area contributed by atoms with Gasteiger partial charge in [0, 0.05) is 23.7 Å². The molecule has 0 aromatic carbocycles. The van der Waals surface area contributed by atoms with Crippen molar-refractivity contribution in [2.75, 3.05) is 6.54 Å². The van der Waals surface area contributed by atoms with Crippen LogP contribution in [0.3, 0.4) is 0 Å². The summed E-state index contributed by atoms with van der Waals surface area (Å²) < 4.78 is 0. The van der Waals surface area contributed by atoms with Crippen LogP contribution in [0.15, 0.2) is 4.99 Å². The van der Waals surface area contributed by atoms with Crippen LogP contribution in [0.25, 0.3) is 0 Å². The summed E-state index contributed by atoms with van der Waals surface area (Å²) in [6.07, 6.45) is 1.07. The number of aliphatic imine (C=N–C) groups is 1. The van der Waals surface area contributed by atoms with E-state index >= 15 is 0 Å². The van der Waals surface area contributed by atoms with Crippen molar-refractivity contribution in [3.63, 3.8) is 0 Å². The van der Waals surface area contributed by atoms with Gasteiger partial charge in [0.2, 0.25) is 0 Å². The summed E-state index contributed by atoms with van der Waals surface area (Å²) in [6.45, 7) is 9.68. The summed E-state index contributed by atoms with van der Waals surface area (Å²) in [5, 5.41) is 3.53. The van der Waals surface area contributed by atoms with Crippen molar-refractivity contribution < 1.29 is 0 Å². The van der Waals surface area contributed by atoms with Crippen molar-refractivity contribution in [2.24, 2.45) is 4.99 Å². The molecule has 1 atom stereocenters. The van der Waals surface area contributed by atoms with Crippen LogP contribution in [0.5, 0.6) is 0 Å². The molecule has 0 saturated heterocycles. The number of rotatable bonds is 0. The van der Waals surface area contributed by atoms with Crippen molar-refractivity contribution in [1.29, 1.82) is 0 Å². The molecule has 2 heteroatoms. The molecule has 1 aliphatic heterocycles. The monoisotopic (exact) mass is 154 g/mol. The lowest BCUT2D eigenvalue weighted by molar-refractivity contribution is 0.367. The topological polar surface area (TPSA) is 24.4 Å². The smallest absolute Gasteiger partial charge is 0.0539 e. The molecule has 0 saturated carbocycles. The standard InChI is InChI=1S/C9H18N2/c1-7-5-9(3,4)11-8(2)6-10-7/h8,11H,5-6H2,1-4H3. The Hall–Kier alpha value is -0.370. The van der Waals surface area contributed by atoms with Crippen molar-refractivity contribution >= 4 is 5.71 Å². The van der Waals surface area contributed by atoms with Gasteiger partial charge < -0.3 is 5.32 Å². The van der Waals surface area contributed by atoms with Gasteiger partial charge in [-0.25, -0.2) is 0 Å². The molecule has 0 radical (unpaired) electrons. The van der Waals surface area contributed by atoms with Gasteiger partial charge >= 0.3 is 0 Å². The van der Waals surface area contributed by atoms with E-state index in [1.54, 1.807) is 0 Å². The highest BCUT2D eigenvalue weighted by molar-refractivity contribution is 5.83. The molecule has 0 aromatic heterocycles. The minimum absolute atomic E-state index is 0.226. The third-order valence-corrected chi connectivity index (χ3v) is 1.97. The lowest BCUT2D eigenvalue weighted by Gasteiger charge is -2.26. The number of hydrogen-bond acceptors (Lipinski definition) is 2. The molecule has 0 fully saturated rings. The van der Waals surface area contributed by atoms with E-state index in [0.717, 1.165) is 13.0 Å². The van der Waals surface area contributed by atoms with E-state index < -0.39 is 0 Å². The van der Waals surface area contributed by atoms with Gasteiger partial charge in [-0.1, -0.05) is 0 Å². The molecule has 1 rings (SSSR count). The Bertz CT molecular complexity index is 170. The molecule has 11 heavy (non-hydrogen) atoms. The van der Waals surface area contributed by atoms with Gasteiger partial charge in [0.25, 0.3) is 0 Å². The molecule has 0 spiro atoms. The van der Waals surface area contributed by atoms with Gasteiger partial charge in [-0.05, 0) is 27.7 Å².